The first-order chi connectivity index (χ1) is 6.96. The molecule has 7 heteroatoms. The number of primary sulfonamides is 1. The van der Waals surface area contributed by atoms with Gasteiger partial charge in [0.25, 0.3) is 0 Å². The zero-order valence-corrected chi connectivity index (χ0v) is 10.4. The van der Waals surface area contributed by atoms with Gasteiger partial charge < -0.3 is 5.32 Å². The van der Waals surface area contributed by atoms with Crippen molar-refractivity contribution < 1.29 is 8.42 Å². The van der Waals surface area contributed by atoms with Gasteiger partial charge in [-0.2, -0.15) is 0 Å². The van der Waals surface area contributed by atoms with Crippen LogP contribution in [0, 0.1) is 0 Å². The maximum Gasteiger partial charge on any atom is 0.215 e. The largest absolute Gasteiger partial charge is 0.315 e. The lowest BCUT2D eigenvalue weighted by Crippen LogP contribution is -2.14. The van der Waals surface area contributed by atoms with E-state index in [2.05, 4.69) is 10.3 Å². The highest BCUT2D eigenvalue weighted by Crippen LogP contribution is 2.20. The van der Waals surface area contributed by atoms with Gasteiger partial charge in [0, 0.05) is 11.4 Å². The Bertz CT molecular complexity index is 425. The van der Waals surface area contributed by atoms with E-state index in [1.54, 1.807) is 0 Å². The second kappa shape index (κ2) is 5.02. The molecule has 0 bridgehead atoms. The predicted octanol–water partition coefficient (Wildman–Crippen LogP) is 0.213. The number of aromatic nitrogens is 1. The summed E-state index contributed by atoms with van der Waals surface area (Å²) in [6.45, 7) is 2.71. The number of aryl methyl sites for hydroxylation is 1. The van der Waals surface area contributed by atoms with E-state index in [4.69, 9.17) is 5.14 Å². The molecule has 0 fully saturated rings. The van der Waals surface area contributed by atoms with Crippen molar-refractivity contribution in [3.63, 3.8) is 0 Å². The fraction of sp³-hybridized carbons (Fsp3) is 0.625. The minimum atomic E-state index is -3.48. The number of hydrogen-bond donors (Lipinski definition) is 2. The van der Waals surface area contributed by atoms with Gasteiger partial charge in [-0.25, -0.2) is 18.5 Å². The maximum atomic E-state index is 10.9. The lowest BCUT2D eigenvalue weighted by atomic mass is 10.3. The summed E-state index contributed by atoms with van der Waals surface area (Å²) >= 11 is 1.40. The van der Waals surface area contributed by atoms with Crippen LogP contribution in [0.5, 0.6) is 0 Å². The van der Waals surface area contributed by atoms with E-state index in [-0.39, 0.29) is 5.75 Å². The van der Waals surface area contributed by atoms with Crippen molar-refractivity contribution in [2.24, 2.45) is 5.14 Å². The summed E-state index contributed by atoms with van der Waals surface area (Å²) in [6, 6.07) is 0. The zero-order valence-electron chi connectivity index (χ0n) is 8.78. The Hall–Kier alpha value is -0.500. The van der Waals surface area contributed by atoms with Gasteiger partial charge in [-0.3, -0.25) is 0 Å². The fourth-order valence-corrected chi connectivity index (χ4v) is 3.35. The molecule has 1 heterocycles. The van der Waals surface area contributed by atoms with Gasteiger partial charge in [0.05, 0.1) is 5.69 Å². The molecule has 1 aromatic heterocycles. The quantitative estimate of drug-likeness (QED) is 0.781. The molecule has 0 saturated heterocycles. The van der Waals surface area contributed by atoms with Crippen molar-refractivity contribution in [3.8, 4) is 0 Å². The highest BCUT2D eigenvalue weighted by molar-refractivity contribution is 7.88. The number of nitrogens with two attached hydrogens (primary N) is 1. The summed E-state index contributed by atoms with van der Waals surface area (Å²) in [5, 5.41) is 8.56. The van der Waals surface area contributed by atoms with Crippen molar-refractivity contribution in [1.29, 1.82) is 0 Å². The van der Waals surface area contributed by atoms with Crippen LogP contribution in [0.3, 0.4) is 0 Å². The first-order valence-corrected chi connectivity index (χ1v) is 7.12. The number of hydrogen-bond acceptors (Lipinski definition) is 5. The van der Waals surface area contributed by atoms with Gasteiger partial charge in [0.15, 0.2) is 0 Å². The Kier molecular flexibility index (Phi) is 4.21. The van der Waals surface area contributed by atoms with Crippen LogP contribution in [0.25, 0.3) is 0 Å². The topological polar surface area (TPSA) is 85.1 Å². The molecule has 0 aromatic carbocycles. The molecule has 0 saturated carbocycles. The Labute approximate surface area is 93.8 Å². The van der Waals surface area contributed by atoms with E-state index in [9.17, 15) is 8.42 Å². The Morgan fingerprint density at radius 1 is 1.53 bits per heavy atom. The molecular formula is C8H15N3O2S2. The third-order valence-electron chi connectivity index (χ3n) is 1.82. The van der Waals surface area contributed by atoms with Gasteiger partial charge >= 0.3 is 0 Å². The molecule has 0 atom stereocenters. The molecule has 5 nitrogen and oxygen atoms in total. The first-order valence-electron chi connectivity index (χ1n) is 4.58. The molecule has 15 heavy (non-hydrogen) atoms. The molecule has 0 unspecified atom stereocenters. The number of sulfonamides is 1. The molecule has 1 aromatic rings. The lowest BCUT2D eigenvalue weighted by Gasteiger charge is -1.96. The zero-order chi connectivity index (χ0) is 11.5. The van der Waals surface area contributed by atoms with E-state index in [0.29, 0.717) is 11.6 Å². The van der Waals surface area contributed by atoms with Crippen molar-refractivity contribution in [2.75, 3.05) is 7.05 Å². The standard InChI is InChI=1S/C8H15N3O2S2/c1-3-6-7(4-10-2)14-8(11-6)5-15(9,12)13/h10H,3-5H2,1-2H3,(H2,9,12,13). The van der Waals surface area contributed by atoms with E-state index < -0.39 is 10.0 Å². The minimum Gasteiger partial charge on any atom is -0.315 e. The molecule has 86 valence electrons. The molecule has 0 aliphatic heterocycles. The third-order valence-corrected chi connectivity index (χ3v) is 3.78. The van der Waals surface area contributed by atoms with Crippen LogP contribution in [0.4, 0.5) is 0 Å². The summed E-state index contributed by atoms with van der Waals surface area (Å²) in [5.74, 6) is -0.172. The second-order valence-electron chi connectivity index (χ2n) is 3.17. The summed E-state index contributed by atoms with van der Waals surface area (Å²) in [7, 11) is -1.63. The molecule has 3 N–H and O–H groups in total. The third kappa shape index (κ3) is 3.86. The SMILES string of the molecule is CCc1nc(CS(N)(=O)=O)sc1CNC. The van der Waals surface area contributed by atoms with E-state index in [0.717, 1.165) is 17.0 Å². The molecule has 1 rings (SSSR count). The van der Waals surface area contributed by atoms with Crippen molar-refractivity contribution in [3.05, 3.63) is 15.6 Å². The smallest absolute Gasteiger partial charge is 0.215 e. The van der Waals surface area contributed by atoms with Crippen LogP contribution in [-0.4, -0.2) is 20.4 Å². The molecular weight excluding hydrogens is 234 g/mol. The van der Waals surface area contributed by atoms with E-state index >= 15 is 0 Å². The van der Waals surface area contributed by atoms with Crippen LogP contribution in [-0.2, 0) is 28.7 Å². The van der Waals surface area contributed by atoms with Crippen molar-refractivity contribution >= 4 is 21.4 Å². The Morgan fingerprint density at radius 3 is 2.67 bits per heavy atom. The highest BCUT2D eigenvalue weighted by Gasteiger charge is 2.13. The van der Waals surface area contributed by atoms with Gasteiger partial charge in [0.1, 0.15) is 10.8 Å². The average molecular weight is 249 g/mol. The summed E-state index contributed by atoms with van der Waals surface area (Å²) in [6.07, 6.45) is 0.804. The fourth-order valence-electron chi connectivity index (χ4n) is 1.25. The Morgan fingerprint density at radius 2 is 2.20 bits per heavy atom. The number of nitrogens with zero attached hydrogens (tertiary/aromatic N) is 1. The van der Waals surface area contributed by atoms with Crippen LogP contribution in [0.15, 0.2) is 0 Å². The molecule has 0 aliphatic carbocycles. The van der Waals surface area contributed by atoms with Crippen LogP contribution >= 0.6 is 11.3 Å². The molecule has 0 amide bonds. The summed E-state index contributed by atoms with van der Waals surface area (Å²) in [5.41, 5.74) is 0.952. The van der Waals surface area contributed by atoms with E-state index in [1.165, 1.54) is 11.3 Å². The number of thiazole rings is 1. The molecule has 0 spiro atoms. The summed E-state index contributed by atoms with van der Waals surface area (Å²) in [4.78, 5) is 5.33. The van der Waals surface area contributed by atoms with Crippen molar-refractivity contribution in [2.45, 2.75) is 25.6 Å². The average Bonchev–Trinajstić information content (AvgIpc) is 2.45. The van der Waals surface area contributed by atoms with Crippen LogP contribution in [0.2, 0.25) is 0 Å². The van der Waals surface area contributed by atoms with Gasteiger partial charge in [0.2, 0.25) is 10.0 Å². The lowest BCUT2D eigenvalue weighted by molar-refractivity contribution is 0.597. The van der Waals surface area contributed by atoms with Crippen LogP contribution in [0.1, 0.15) is 22.5 Å². The second-order valence-corrected chi connectivity index (χ2v) is 5.95. The minimum absolute atomic E-state index is 0.172. The van der Waals surface area contributed by atoms with Crippen LogP contribution < -0.4 is 10.5 Å². The monoisotopic (exact) mass is 249 g/mol. The molecule has 0 radical (unpaired) electrons. The van der Waals surface area contributed by atoms with E-state index in [1.807, 2.05) is 14.0 Å². The van der Waals surface area contributed by atoms with Gasteiger partial charge in [-0.15, -0.1) is 11.3 Å². The first kappa shape index (κ1) is 12.6. The predicted molar refractivity (Wildman–Crippen MR) is 61.1 cm³/mol. The molecule has 0 aliphatic rings. The Balaban J connectivity index is 2.92. The highest BCUT2D eigenvalue weighted by atomic mass is 32.2. The maximum absolute atomic E-state index is 10.9. The number of rotatable bonds is 5. The number of nitrogens with one attached hydrogen (secondary N) is 1. The van der Waals surface area contributed by atoms with Crippen molar-refractivity contribution in [1.82, 2.24) is 10.3 Å². The normalized spacial score (nSPS) is 11.9. The van der Waals surface area contributed by atoms with Gasteiger partial charge in [-0.1, -0.05) is 6.92 Å². The summed E-state index contributed by atoms with van der Waals surface area (Å²) < 4.78 is 21.8. The van der Waals surface area contributed by atoms with Gasteiger partial charge in [-0.05, 0) is 13.5 Å².